The molecule has 0 atom stereocenters. The van der Waals surface area contributed by atoms with Crippen molar-refractivity contribution in [2.75, 3.05) is 13.1 Å². The standard InChI is InChI=1S/C20H19F2NO4/c21-19(22)27-16-8-6-14(7-9-16)17(24)23-12-10-20(11-13-23,18(25)26)15-4-2-1-3-5-15/h1-9,19H,10-13H2,(H,25,26). The molecule has 2 aromatic carbocycles. The number of carbonyl (C=O) groups is 2. The van der Waals surface area contributed by atoms with Crippen LogP contribution in [0.4, 0.5) is 8.78 Å². The maximum absolute atomic E-state index is 12.6. The number of carboxylic acids is 1. The summed E-state index contributed by atoms with van der Waals surface area (Å²) in [6.07, 6.45) is 0.620. The minimum atomic E-state index is -2.92. The lowest BCUT2D eigenvalue weighted by atomic mass is 9.73. The highest BCUT2D eigenvalue weighted by Crippen LogP contribution is 2.36. The molecule has 1 saturated heterocycles. The van der Waals surface area contributed by atoms with Crippen LogP contribution in [-0.4, -0.2) is 41.6 Å². The highest BCUT2D eigenvalue weighted by molar-refractivity contribution is 5.94. The van der Waals surface area contributed by atoms with Gasteiger partial charge in [0.1, 0.15) is 5.75 Å². The van der Waals surface area contributed by atoms with Gasteiger partial charge in [-0.2, -0.15) is 8.78 Å². The molecule has 1 aliphatic rings. The van der Waals surface area contributed by atoms with Crippen LogP contribution in [0.2, 0.25) is 0 Å². The van der Waals surface area contributed by atoms with E-state index >= 15 is 0 Å². The summed E-state index contributed by atoms with van der Waals surface area (Å²) in [5, 5.41) is 9.81. The number of likely N-dealkylation sites (tertiary alicyclic amines) is 1. The van der Waals surface area contributed by atoms with Crippen molar-refractivity contribution in [1.82, 2.24) is 4.90 Å². The maximum atomic E-state index is 12.6. The Bertz CT molecular complexity index is 800. The Hall–Kier alpha value is -2.96. The van der Waals surface area contributed by atoms with Gasteiger partial charge in [0.05, 0.1) is 5.41 Å². The molecule has 0 aliphatic carbocycles. The number of hydrogen-bond donors (Lipinski definition) is 1. The highest BCUT2D eigenvalue weighted by Gasteiger charge is 2.43. The number of benzene rings is 2. The monoisotopic (exact) mass is 375 g/mol. The van der Waals surface area contributed by atoms with Gasteiger partial charge in [-0.05, 0) is 42.7 Å². The first-order valence-corrected chi connectivity index (χ1v) is 8.55. The van der Waals surface area contributed by atoms with E-state index in [1.54, 1.807) is 29.2 Å². The number of alkyl halides is 2. The second-order valence-electron chi connectivity index (χ2n) is 6.45. The van der Waals surface area contributed by atoms with Crippen LogP contribution in [0.5, 0.6) is 5.75 Å². The second kappa shape index (κ2) is 7.73. The quantitative estimate of drug-likeness (QED) is 0.868. The molecule has 0 aromatic heterocycles. The van der Waals surface area contributed by atoms with Gasteiger partial charge in [0.15, 0.2) is 0 Å². The summed E-state index contributed by atoms with van der Waals surface area (Å²) in [7, 11) is 0. The number of hydrogen-bond acceptors (Lipinski definition) is 3. The minimum Gasteiger partial charge on any atom is -0.481 e. The number of carbonyl (C=O) groups excluding carboxylic acids is 1. The van der Waals surface area contributed by atoms with E-state index in [0.717, 1.165) is 5.56 Å². The summed E-state index contributed by atoms with van der Waals surface area (Å²) in [6.45, 7) is -2.32. The van der Waals surface area contributed by atoms with Crippen LogP contribution in [0.15, 0.2) is 54.6 Å². The van der Waals surface area contributed by atoms with Crippen LogP contribution in [0.3, 0.4) is 0 Å². The number of rotatable bonds is 5. The van der Waals surface area contributed by atoms with Gasteiger partial charge in [-0.3, -0.25) is 9.59 Å². The molecule has 142 valence electrons. The normalized spacial score (nSPS) is 16.2. The second-order valence-corrected chi connectivity index (χ2v) is 6.45. The van der Waals surface area contributed by atoms with Crippen molar-refractivity contribution in [2.24, 2.45) is 0 Å². The first kappa shape index (κ1) is 18.8. The zero-order chi connectivity index (χ0) is 19.4. The molecular formula is C20H19F2NO4. The summed E-state index contributed by atoms with van der Waals surface area (Å²) in [4.78, 5) is 26.2. The van der Waals surface area contributed by atoms with E-state index in [2.05, 4.69) is 4.74 Å². The molecule has 1 fully saturated rings. The number of nitrogens with zero attached hydrogens (tertiary/aromatic N) is 1. The number of ether oxygens (including phenoxy) is 1. The molecule has 27 heavy (non-hydrogen) atoms. The molecule has 3 rings (SSSR count). The Morgan fingerprint density at radius 1 is 1.00 bits per heavy atom. The minimum absolute atomic E-state index is 0.0193. The number of halogens is 2. The predicted molar refractivity (Wildman–Crippen MR) is 94.0 cm³/mol. The number of piperidine rings is 1. The van der Waals surface area contributed by atoms with E-state index in [0.29, 0.717) is 31.5 Å². The third kappa shape index (κ3) is 3.92. The topological polar surface area (TPSA) is 66.8 Å². The summed E-state index contributed by atoms with van der Waals surface area (Å²) in [6, 6.07) is 14.5. The molecule has 1 amide bonds. The van der Waals surface area contributed by atoms with E-state index in [1.165, 1.54) is 24.3 Å². The van der Waals surface area contributed by atoms with Crippen LogP contribution < -0.4 is 4.74 Å². The van der Waals surface area contributed by atoms with E-state index < -0.39 is 18.0 Å². The van der Waals surface area contributed by atoms with E-state index in [4.69, 9.17) is 0 Å². The molecule has 1 heterocycles. The smallest absolute Gasteiger partial charge is 0.387 e. The van der Waals surface area contributed by atoms with Gasteiger partial charge in [0, 0.05) is 18.7 Å². The van der Waals surface area contributed by atoms with Gasteiger partial charge < -0.3 is 14.7 Å². The van der Waals surface area contributed by atoms with Crippen LogP contribution in [-0.2, 0) is 10.2 Å². The molecule has 0 saturated carbocycles. The van der Waals surface area contributed by atoms with Gasteiger partial charge in [-0.25, -0.2) is 0 Å². The maximum Gasteiger partial charge on any atom is 0.387 e. The predicted octanol–water partition coefficient (Wildman–Crippen LogP) is 3.55. The largest absolute Gasteiger partial charge is 0.481 e. The Morgan fingerprint density at radius 2 is 1.59 bits per heavy atom. The van der Waals surface area contributed by atoms with Crippen molar-refractivity contribution >= 4 is 11.9 Å². The molecule has 0 bridgehead atoms. The average Bonchev–Trinajstić information content (AvgIpc) is 2.68. The first-order chi connectivity index (χ1) is 12.9. The highest BCUT2D eigenvalue weighted by atomic mass is 19.3. The third-order valence-corrected chi connectivity index (χ3v) is 4.97. The van der Waals surface area contributed by atoms with Gasteiger partial charge >= 0.3 is 12.6 Å². The molecule has 5 nitrogen and oxygen atoms in total. The van der Waals surface area contributed by atoms with Gasteiger partial charge in [0.2, 0.25) is 0 Å². The molecule has 0 unspecified atom stereocenters. The van der Waals surface area contributed by atoms with Crippen LogP contribution in [0.1, 0.15) is 28.8 Å². The van der Waals surface area contributed by atoms with Crippen molar-refractivity contribution in [3.05, 3.63) is 65.7 Å². The zero-order valence-corrected chi connectivity index (χ0v) is 14.5. The molecule has 2 aromatic rings. The third-order valence-electron chi connectivity index (χ3n) is 4.97. The lowest BCUT2D eigenvalue weighted by Gasteiger charge is -2.39. The fourth-order valence-corrected chi connectivity index (χ4v) is 3.44. The van der Waals surface area contributed by atoms with Crippen molar-refractivity contribution in [3.8, 4) is 5.75 Å². The van der Waals surface area contributed by atoms with Crippen molar-refractivity contribution in [3.63, 3.8) is 0 Å². The Morgan fingerprint density at radius 3 is 2.11 bits per heavy atom. The van der Waals surface area contributed by atoms with Gasteiger partial charge in [-0.15, -0.1) is 0 Å². The SMILES string of the molecule is O=C(c1ccc(OC(F)F)cc1)N1CCC(C(=O)O)(c2ccccc2)CC1. The van der Waals surface area contributed by atoms with Crippen molar-refractivity contribution < 1.29 is 28.2 Å². The average molecular weight is 375 g/mol. The van der Waals surface area contributed by atoms with E-state index in [1.807, 2.05) is 6.07 Å². The first-order valence-electron chi connectivity index (χ1n) is 8.55. The summed E-state index contributed by atoms with van der Waals surface area (Å²) in [5.74, 6) is -1.17. The van der Waals surface area contributed by atoms with Gasteiger partial charge in [-0.1, -0.05) is 30.3 Å². The summed E-state index contributed by atoms with van der Waals surface area (Å²) >= 11 is 0. The van der Waals surface area contributed by atoms with Crippen LogP contribution in [0.25, 0.3) is 0 Å². The number of carboxylic acid groups (broad SMARTS) is 1. The molecule has 0 spiro atoms. The fraction of sp³-hybridized carbons (Fsp3) is 0.300. The summed E-state index contributed by atoms with van der Waals surface area (Å²) < 4.78 is 28.7. The van der Waals surface area contributed by atoms with Crippen LogP contribution in [0, 0.1) is 0 Å². The van der Waals surface area contributed by atoms with Crippen molar-refractivity contribution in [1.29, 1.82) is 0 Å². The zero-order valence-electron chi connectivity index (χ0n) is 14.5. The lowest BCUT2D eigenvalue weighted by molar-refractivity contribution is -0.145. The lowest BCUT2D eigenvalue weighted by Crippen LogP contribution is -2.49. The Balaban J connectivity index is 1.71. The van der Waals surface area contributed by atoms with Crippen molar-refractivity contribution in [2.45, 2.75) is 24.9 Å². The molecule has 0 radical (unpaired) electrons. The molecule has 1 aliphatic heterocycles. The van der Waals surface area contributed by atoms with E-state index in [-0.39, 0.29) is 11.7 Å². The summed E-state index contributed by atoms with van der Waals surface area (Å²) in [5.41, 5.74) is 0.0738. The molecule has 1 N–H and O–H groups in total. The Kier molecular flexibility index (Phi) is 5.39. The molecular weight excluding hydrogens is 356 g/mol. The fourth-order valence-electron chi connectivity index (χ4n) is 3.44. The van der Waals surface area contributed by atoms with E-state index in [9.17, 15) is 23.5 Å². The number of aliphatic carboxylic acids is 1. The van der Waals surface area contributed by atoms with Crippen LogP contribution >= 0.6 is 0 Å². The van der Waals surface area contributed by atoms with Gasteiger partial charge in [0.25, 0.3) is 5.91 Å². The Labute approximate surface area is 155 Å². The molecule has 7 heteroatoms. The number of amides is 1.